The summed E-state index contributed by atoms with van der Waals surface area (Å²) in [4.78, 5) is 129. The zero-order valence-electron chi connectivity index (χ0n) is 59.4. The van der Waals surface area contributed by atoms with E-state index in [1.807, 2.05) is 80.5 Å². The molecule has 24 heteroatoms. The Morgan fingerprint density at radius 3 is 0.989 bits per heavy atom. The summed E-state index contributed by atoms with van der Waals surface area (Å²) >= 11 is 0. The summed E-state index contributed by atoms with van der Waals surface area (Å²) in [6, 6.07) is 5.62. The molecular formula is C70H125N11O13. The number of urea groups is 4. The van der Waals surface area contributed by atoms with Gasteiger partial charge in [-0.15, -0.1) is 0 Å². The van der Waals surface area contributed by atoms with Crippen LogP contribution in [0.1, 0.15) is 235 Å². The molecule has 0 aliphatic carbocycles. The Labute approximate surface area is 563 Å². The Hall–Kier alpha value is -6.88. The van der Waals surface area contributed by atoms with Crippen LogP contribution in [0.25, 0.3) is 0 Å². The van der Waals surface area contributed by atoms with Gasteiger partial charge < -0.3 is 62.1 Å². The number of carbonyl (C=O) groups excluding carboxylic acids is 10. The number of amides is 13. The average Bonchev–Trinajstić information content (AvgIpc) is 1.62. The van der Waals surface area contributed by atoms with Crippen LogP contribution in [-0.2, 0) is 33.4 Å². The molecule has 1 atom stereocenters. The lowest BCUT2D eigenvalue weighted by Crippen LogP contribution is -2.49. The maximum Gasteiger partial charge on any atom is 0.407 e. The Bertz CT molecular complexity index is 2190. The quantitative estimate of drug-likeness (QED) is 0.0217. The summed E-state index contributed by atoms with van der Waals surface area (Å²) in [5, 5.41) is 26.1. The van der Waals surface area contributed by atoms with Crippen LogP contribution in [0.2, 0.25) is 0 Å². The van der Waals surface area contributed by atoms with Gasteiger partial charge in [-0.3, -0.25) is 24.0 Å². The van der Waals surface area contributed by atoms with Gasteiger partial charge in [0, 0.05) is 102 Å². The molecule has 0 radical (unpaired) electrons. The Morgan fingerprint density at radius 2 is 0.660 bits per heavy atom. The van der Waals surface area contributed by atoms with E-state index in [4.69, 9.17) is 14.2 Å². The fraction of sp³-hybridized carbons (Fsp3) is 0.771. The van der Waals surface area contributed by atoms with Gasteiger partial charge in [0.05, 0.1) is 0 Å². The van der Waals surface area contributed by atoms with Gasteiger partial charge in [0.2, 0.25) is 23.6 Å². The Balaban J connectivity index is 2.57. The number of nitrogens with one attached hydrogen (secondary N) is 9. The third kappa shape index (κ3) is 44.7. The number of aryl methyl sites for hydroxylation is 1. The highest BCUT2D eigenvalue weighted by atomic mass is 16.6. The first kappa shape index (κ1) is 85.1. The maximum atomic E-state index is 13.3. The molecular weight excluding hydrogens is 1200 g/mol. The topological polar surface area (TPSA) is 313 Å². The number of hydrogen-bond acceptors (Lipinski definition) is 13. The van der Waals surface area contributed by atoms with E-state index in [0.717, 1.165) is 128 Å². The van der Waals surface area contributed by atoms with E-state index < -0.39 is 41.8 Å². The minimum atomic E-state index is -1.20. The molecule has 1 aromatic carbocycles. The highest BCUT2D eigenvalue weighted by molar-refractivity contribution is 5.94. The Morgan fingerprint density at radius 1 is 0.372 bits per heavy atom. The van der Waals surface area contributed by atoms with E-state index in [-0.39, 0.29) is 80.0 Å². The molecule has 1 aromatic rings. The maximum absolute atomic E-state index is 13.3. The predicted octanol–water partition coefficient (Wildman–Crippen LogP) is 11.1. The zero-order valence-corrected chi connectivity index (χ0v) is 59.4. The molecule has 1 rings (SSSR count). The van der Waals surface area contributed by atoms with Crippen LogP contribution >= 0.6 is 0 Å². The van der Waals surface area contributed by atoms with Crippen molar-refractivity contribution >= 4 is 59.8 Å². The molecule has 0 heterocycles. The first-order valence-electron chi connectivity index (χ1n) is 35.5. The number of imide groups is 2. The van der Waals surface area contributed by atoms with Gasteiger partial charge >= 0.3 is 36.2 Å². The van der Waals surface area contributed by atoms with Gasteiger partial charge in [0.1, 0.15) is 19.0 Å². The lowest BCUT2D eigenvalue weighted by Gasteiger charge is -2.30. The lowest BCUT2D eigenvalue weighted by molar-refractivity contribution is -0.151. The van der Waals surface area contributed by atoms with E-state index in [9.17, 15) is 47.9 Å². The molecule has 13 amide bonds. The van der Waals surface area contributed by atoms with Gasteiger partial charge in [-0.25, -0.2) is 33.8 Å². The number of ether oxygens (including phenoxy) is 3. The largest absolute Gasteiger partial charge is 0.480 e. The van der Waals surface area contributed by atoms with Crippen molar-refractivity contribution in [3.8, 4) is 5.75 Å². The summed E-state index contributed by atoms with van der Waals surface area (Å²) in [5.41, 5.74) is -0.240. The lowest BCUT2D eigenvalue weighted by atomic mass is 10.1. The minimum absolute atomic E-state index is 0.0175. The van der Waals surface area contributed by atoms with Crippen molar-refractivity contribution in [2.24, 2.45) is 23.7 Å². The average molecular weight is 1330 g/mol. The first-order valence-corrected chi connectivity index (χ1v) is 35.5. The normalized spacial score (nSPS) is 11.7. The standard InChI is InChI=1S/C70H125N11O13/c1-54(2)61(83)71-40-25-14-16-30-45-76-66(88)80(49-34-22-20-27-42-73-63(85)56(5)6)65(87)75-44-29-13-11-12-24-39-60(82)92-52-70(10,94-59-38-36-37-58(9)51-59)53-93-69(91)79-48-33-19-18-32-47-78-68(90)81(50-35-23-21-28-43-74-64(86)57(7)8)67(89)77-46-31-17-15-26-41-72-62(84)55(3)4/h36-38,51,54-57H,11-35,39-50,52-53H2,1-10H3,(H,71,83)(H,72,84)(H,73,85)(H,74,86)(H,75,87)(H,76,88)(H,77,89)(H,78,90)(H,79,91). The zero-order chi connectivity index (χ0) is 69.8. The molecule has 24 nitrogen and oxygen atoms in total. The van der Waals surface area contributed by atoms with Crippen molar-refractivity contribution < 1.29 is 62.2 Å². The van der Waals surface area contributed by atoms with Crippen LogP contribution in [0.5, 0.6) is 5.75 Å². The summed E-state index contributed by atoms with van der Waals surface area (Å²) < 4.78 is 17.6. The molecule has 0 saturated carbocycles. The number of alkyl carbamates (subject to hydrolysis) is 1. The Kier molecular flexibility index (Phi) is 48.3. The first-order chi connectivity index (χ1) is 45.0. The molecule has 9 N–H and O–H groups in total. The third-order valence-corrected chi connectivity index (χ3v) is 15.5. The second-order valence-electron chi connectivity index (χ2n) is 26.1. The summed E-state index contributed by atoms with van der Waals surface area (Å²) in [7, 11) is 0. The second kappa shape index (κ2) is 53.4. The van der Waals surface area contributed by atoms with Crippen molar-refractivity contribution in [3.63, 3.8) is 0 Å². The molecule has 0 aliphatic rings. The summed E-state index contributed by atoms with van der Waals surface area (Å²) in [6.45, 7) is 23.0. The number of unbranched alkanes of at least 4 members (excludes halogenated alkanes) is 19. The molecule has 0 spiro atoms. The number of benzene rings is 1. The van der Waals surface area contributed by atoms with Gasteiger partial charge in [-0.2, -0.15) is 0 Å². The minimum Gasteiger partial charge on any atom is -0.480 e. The molecule has 0 aromatic heterocycles. The van der Waals surface area contributed by atoms with Crippen molar-refractivity contribution in [2.45, 2.75) is 242 Å². The van der Waals surface area contributed by atoms with E-state index in [0.29, 0.717) is 103 Å². The number of esters is 1. The van der Waals surface area contributed by atoms with Gasteiger partial charge in [-0.05, 0) is 109 Å². The van der Waals surface area contributed by atoms with Crippen LogP contribution in [0.4, 0.5) is 24.0 Å². The van der Waals surface area contributed by atoms with Crippen LogP contribution in [0, 0.1) is 30.6 Å². The molecule has 0 aliphatic heterocycles. The monoisotopic (exact) mass is 1330 g/mol. The number of nitrogens with zero attached hydrogens (tertiary/aromatic N) is 2. The van der Waals surface area contributed by atoms with Crippen LogP contribution in [-0.4, -0.2) is 160 Å². The van der Waals surface area contributed by atoms with E-state index in [2.05, 4.69) is 47.9 Å². The van der Waals surface area contributed by atoms with E-state index in [1.54, 1.807) is 13.0 Å². The molecule has 0 fully saturated rings. The predicted molar refractivity (Wildman–Crippen MR) is 369 cm³/mol. The highest BCUT2D eigenvalue weighted by Crippen LogP contribution is 2.22. The van der Waals surface area contributed by atoms with E-state index >= 15 is 0 Å². The number of carbonyl (C=O) groups is 10. The molecule has 538 valence electrons. The second-order valence-corrected chi connectivity index (χ2v) is 26.1. The molecule has 0 saturated heterocycles. The van der Waals surface area contributed by atoms with Crippen molar-refractivity contribution in [2.75, 3.05) is 85.2 Å². The van der Waals surface area contributed by atoms with Crippen molar-refractivity contribution in [3.05, 3.63) is 29.8 Å². The third-order valence-electron chi connectivity index (χ3n) is 15.5. The highest BCUT2D eigenvalue weighted by Gasteiger charge is 2.32. The fourth-order valence-electron chi connectivity index (χ4n) is 9.48. The van der Waals surface area contributed by atoms with Gasteiger partial charge in [-0.1, -0.05) is 151 Å². The molecule has 1 unspecified atom stereocenters. The van der Waals surface area contributed by atoms with Crippen LogP contribution < -0.4 is 52.6 Å². The van der Waals surface area contributed by atoms with Crippen LogP contribution in [0.3, 0.4) is 0 Å². The summed E-state index contributed by atoms with van der Waals surface area (Å²) in [5.74, 6) is -0.0179. The van der Waals surface area contributed by atoms with E-state index in [1.165, 1.54) is 9.80 Å². The summed E-state index contributed by atoms with van der Waals surface area (Å²) in [6.07, 6.45) is 19.0. The van der Waals surface area contributed by atoms with Crippen molar-refractivity contribution in [1.29, 1.82) is 0 Å². The van der Waals surface area contributed by atoms with Gasteiger partial charge in [0.25, 0.3) is 0 Å². The van der Waals surface area contributed by atoms with Crippen molar-refractivity contribution in [1.82, 2.24) is 57.7 Å². The SMILES string of the molecule is Cc1cccc(OC(C)(COC(=O)CCCCCCCNC(=O)N(CCCCCCNC(=O)C(C)C)C(=O)NCCCCCCNC(=O)C(C)C)COC(=O)NCCCCCCNC(=O)N(CCCCCCNC(=O)C(C)C)C(=O)NCCCCCCNC(=O)C(C)C)c1. The van der Waals surface area contributed by atoms with Crippen LogP contribution in [0.15, 0.2) is 24.3 Å². The smallest absolute Gasteiger partial charge is 0.407 e. The molecule has 94 heavy (non-hydrogen) atoms. The molecule has 0 bridgehead atoms. The van der Waals surface area contributed by atoms with Gasteiger partial charge in [0.15, 0.2) is 5.60 Å². The number of hydrogen-bond donors (Lipinski definition) is 9. The fourth-order valence-corrected chi connectivity index (χ4v) is 9.48. The number of rotatable bonds is 53.